The summed E-state index contributed by atoms with van der Waals surface area (Å²) < 4.78 is 19.2. The van der Waals surface area contributed by atoms with Crippen LogP contribution in [0.15, 0.2) is 54.6 Å². The predicted molar refractivity (Wildman–Crippen MR) is 77.2 cm³/mol. The Kier molecular flexibility index (Phi) is 3.33. The summed E-state index contributed by atoms with van der Waals surface area (Å²) in [6, 6.07) is 16.3. The summed E-state index contributed by atoms with van der Waals surface area (Å²) in [7, 11) is 0. The first-order valence-electron chi connectivity index (χ1n) is 6.46. The number of aromatic nitrogens is 1. The van der Waals surface area contributed by atoms with Gasteiger partial charge < -0.3 is 4.74 Å². The predicted octanol–water partition coefficient (Wildman–Crippen LogP) is 4.26. The van der Waals surface area contributed by atoms with Crippen LogP contribution in [0.1, 0.15) is 11.3 Å². The third-order valence-corrected chi connectivity index (χ3v) is 3.10. The van der Waals surface area contributed by atoms with E-state index in [1.807, 2.05) is 43.3 Å². The molecule has 1 heterocycles. The number of aryl methyl sites for hydroxylation is 1. The van der Waals surface area contributed by atoms with Gasteiger partial charge in [0.15, 0.2) is 0 Å². The third-order valence-electron chi connectivity index (χ3n) is 3.10. The van der Waals surface area contributed by atoms with Crippen LogP contribution in [0.4, 0.5) is 4.39 Å². The van der Waals surface area contributed by atoms with Gasteiger partial charge >= 0.3 is 0 Å². The summed E-state index contributed by atoms with van der Waals surface area (Å²) in [5.74, 6) is 0.378. The SMILES string of the molecule is Cc1cc(OCc2ccccc2)c2cc(F)ccc2n1. The number of fused-ring (bicyclic) bond motifs is 1. The third kappa shape index (κ3) is 2.62. The molecule has 1 aromatic heterocycles. The first kappa shape index (κ1) is 12.6. The molecule has 0 N–H and O–H groups in total. The van der Waals surface area contributed by atoms with E-state index in [2.05, 4.69) is 4.98 Å². The van der Waals surface area contributed by atoms with Crippen molar-refractivity contribution in [3.8, 4) is 5.75 Å². The minimum absolute atomic E-state index is 0.285. The number of benzene rings is 2. The van der Waals surface area contributed by atoms with Crippen molar-refractivity contribution in [3.63, 3.8) is 0 Å². The zero-order valence-corrected chi connectivity index (χ0v) is 11.1. The van der Waals surface area contributed by atoms with Crippen molar-refractivity contribution in [1.29, 1.82) is 0 Å². The highest BCUT2D eigenvalue weighted by Gasteiger charge is 2.07. The molecule has 0 saturated carbocycles. The Bertz CT molecular complexity index is 741. The maximum atomic E-state index is 13.4. The number of nitrogens with zero attached hydrogens (tertiary/aromatic N) is 1. The van der Waals surface area contributed by atoms with Crippen LogP contribution in [0.2, 0.25) is 0 Å². The molecule has 0 saturated heterocycles. The Hall–Kier alpha value is -2.42. The summed E-state index contributed by atoms with van der Waals surface area (Å²) in [5, 5.41) is 0.700. The van der Waals surface area contributed by atoms with Gasteiger partial charge in [0.1, 0.15) is 18.2 Å². The van der Waals surface area contributed by atoms with Crippen LogP contribution in [-0.4, -0.2) is 4.98 Å². The second-order valence-electron chi connectivity index (χ2n) is 4.70. The van der Waals surface area contributed by atoms with E-state index in [-0.39, 0.29) is 5.82 Å². The first-order valence-corrected chi connectivity index (χ1v) is 6.46. The molecule has 0 aliphatic rings. The van der Waals surface area contributed by atoms with Crippen LogP contribution in [0.5, 0.6) is 5.75 Å². The molecule has 0 bridgehead atoms. The Labute approximate surface area is 116 Å². The second-order valence-corrected chi connectivity index (χ2v) is 4.70. The van der Waals surface area contributed by atoms with Crippen LogP contribution in [0.25, 0.3) is 10.9 Å². The van der Waals surface area contributed by atoms with Crippen LogP contribution >= 0.6 is 0 Å². The fourth-order valence-electron chi connectivity index (χ4n) is 2.15. The lowest BCUT2D eigenvalue weighted by Gasteiger charge is -2.10. The molecule has 0 radical (unpaired) electrons. The van der Waals surface area contributed by atoms with Gasteiger partial charge in [0, 0.05) is 17.1 Å². The molecular weight excluding hydrogens is 253 g/mol. The van der Waals surface area contributed by atoms with Crippen LogP contribution in [-0.2, 0) is 6.61 Å². The summed E-state index contributed by atoms with van der Waals surface area (Å²) in [6.45, 7) is 2.36. The molecule has 0 amide bonds. The molecule has 20 heavy (non-hydrogen) atoms. The first-order chi connectivity index (χ1) is 9.72. The van der Waals surface area contributed by atoms with Gasteiger partial charge in [-0.15, -0.1) is 0 Å². The van der Waals surface area contributed by atoms with Crippen molar-refractivity contribution in [2.45, 2.75) is 13.5 Å². The average Bonchev–Trinajstić information content (AvgIpc) is 2.46. The largest absolute Gasteiger partial charge is 0.488 e. The molecule has 0 aliphatic heterocycles. The molecule has 2 nitrogen and oxygen atoms in total. The van der Waals surface area contributed by atoms with E-state index < -0.39 is 0 Å². The van der Waals surface area contributed by atoms with E-state index >= 15 is 0 Å². The zero-order chi connectivity index (χ0) is 13.9. The summed E-state index contributed by atoms with van der Waals surface area (Å²) >= 11 is 0. The maximum absolute atomic E-state index is 13.4. The highest BCUT2D eigenvalue weighted by atomic mass is 19.1. The van der Waals surface area contributed by atoms with Crippen LogP contribution < -0.4 is 4.74 Å². The number of pyridine rings is 1. The van der Waals surface area contributed by atoms with E-state index in [1.165, 1.54) is 12.1 Å². The van der Waals surface area contributed by atoms with Crippen LogP contribution in [0, 0.1) is 12.7 Å². The van der Waals surface area contributed by atoms with Gasteiger partial charge in [0.05, 0.1) is 5.52 Å². The molecule has 0 unspecified atom stereocenters. The fourth-order valence-corrected chi connectivity index (χ4v) is 2.15. The molecule has 2 aromatic carbocycles. The highest BCUT2D eigenvalue weighted by Crippen LogP contribution is 2.26. The summed E-state index contributed by atoms with van der Waals surface area (Å²) in [5.41, 5.74) is 2.67. The topological polar surface area (TPSA) is 22.1 Å². The lowest BCUT2D eigenvalue weighted by molar-refractivity contribution is 0.309. The van der Waals surface area contributed by atoms with Gasteiger partial charge in [-0.05, 0) is 30.7 Å². The van der Waals surface area contributed by atoms with Gasteiger partial charge in [-0.1, -0.05) is 30.3 Å². The Morgan fingerprint density at radius 1 is 1.05 bits per heavy atom. The van der Waals surface area contributed by atoms with Crippen molar-refractivity contribution in [2.24, 2.45) is 0 Å². The standard InChI is InChI=1S/C17H14FNO/c1-12-9-17(20-11-13-5-3-2-4-6-13)15-10-14(18)7-8-16(15)19-12/h2-10H,11H2,1H3. The fraction of sp³-hybridized carbons (Fsp3) is 0.118. The minimum Gasteiger partial charge on any atom is -0.488 e. The van der Waals surface area contributed by atoms with E-state index in [0.717, 1.165) is 16.8 Å². The van der Waals surface area contributed by atoms with Crippen molar-refractivity contribution in [2.75, 3.05) is 0 Å². The molecule has 100 valence electrons. The molecule has 0 spiro atoms. The zero-order valence-electron chi connectivity index (χ0n) is 11.1. The normalized spacial score (nSPS) is 10.7. The van der Waals surface area contributed by atoms with E-state index in [1.54, 1.807) is 6.07 Å². The smallest absolute Gasteiger partial charge is 0.131 e. The van der Waals surface area contributed by atoms with Gasteiger partial charge in [0.2, 0.25) is 0 Å². The van der Waals surface area contributed by atoms with Crippen molar-refractivity contribution in [3.05, 3.63) is 71.7 Å². The van der Waals surface area contributed by atoms with Crippen molar-refractivity contribution in [1.82, 2.24) is 4.98 Å². The second kappa shape index (κ2) is 5.29. The molecule has 0 fully saturated rings. The maximum Gasteiger partial charge on any atom is 0.131 e. The molecule has 3 rings (SSSR count). The molecule has 3 aromatic rings. The van der Waals surface area contributed by atoms with Gasteiger partial charge in [0.25, 0.3) is 0 Å². The van der Waals surface area contributed by atoms with E-state index in [9.17, 15) is 4.39 Å². The van der Waals surface area contributed by atoms with Gasteiger partial charge in [-0.3, -0.25) is 4.98 Å². The van der Waals surface area contributed by atoms with Crippen molar-refractivity contribution < 1.29 is 9.13 Å². The Morgan fingerprint density at radius 3 is 2.65 bits per heavy atom. The summed E-state index contributed by atoms with van der Waals surface area (Å²) in [4.78, 5) is 4.39. The van der Waals surface area contributed by atoms with Crippen molar-refractivity contribution >= 4 is 10.9 Å². The highest BCUT2D eigenvalue weighted by molar-refractivity contribution is 5.85. The number of rotatable bonds is 3. The van der Waals surface area contributed by atoms with Gasteiger partial charge in [-0.2, -0.15) is 0 Å². The van der Waals surface area contributed by atoms with Gasteiger partial charge in [-0.25, -0.2) is 4.39 Å². The Morgan fingerprint density at radius 2 is 1.85 bits per heavy atom. The molecule has 0 atom stereocenters. The minimum atomic E-state index is -0.285. The average molecular weight is 267 g/mol. The number of hydrogen-bond acceptors (Lipinski definition) is 2. The molecule has 3 heteroatoms. The lowest BCUT2D eigenvalue weighted by Crippen LogP contribution is -1.97. The van der Waals surface area contributed by atoms with Crippen LogP contribution in [0.3, 0.4) is 0 Å². The number of halogens is 1. The number of ether oxygens (including phenoxy) is 1. The number of hydrogen-bond donors (Lipinski definition) is 0. The quantitative estimate of drug-likeness (QED) is 0.707. The molecule has 0 aliphatic carbocycles. The lowest BCUT2D eigenvalue weighted by atomic mass is 10.1. The summed E-state index contributed by atoms with van der Waals surface area (Å²) in [6.07, 6.45) is 0. The van der Waals surface area contributed by atoms with E-state index in [0.29, 0.717) is 17.7 Å². The molecular formula is C17H14FNO. The monoisotopic (exact) mass is 267 g/mol. The Balaban J connectivity index is 1.96. The van der Waals surface area contributed by atoms with E-state index in [4.69, 9.17) is 4.74 Å².